The van der Waals surface area contributed by atoms with Gasteiger partial charge in [-0.15, -0.1) is 0 Å². The molecule has 2 aromatic rings. The molecule has 11 heavy (non-hydrogen) atoms. The third-order valence-corrected chi connectivity index (χ3v) is 1.71. The van der Waals surface area contributed by atoms with Gasteiger partial charge in [0.1, 0.15) is 12.9 Å². The van der Waals surface area contributed by atoms with Crippen molar-refractivity contribution in [1.82, 2.24) is 4.98 Å². The molecule has 0 bridgehead atoms. The number of nitrogens with one attached hydrogen (secondary N) is 1. The molecule has 1 radical (unpaired) electrons. The molecule has 0 saturated heterocycles. The number of aromatic nitrogens is 1. The van der Waals surface area contributed by atoms with E-state index in [1.165, 1.54) is 0 Å². The van der Waals surface area contributed by atoms with Crippen LogP contribution in [0, 0.1) is 7.11 Å². The van der Waals surface area contributed by atoms with Crippen LogP contribution in [0.2, 0.25) is 0 Å². The van der Waals surface area contributed by atoms with Crippen molar-refractivity contribution in [3.63, 3.8) is 0 Å². The van der Waals surface area contributed by atoms with Gasteiger partial charge in [-0.1, -0.05) is 6.07 Å². The van der Waals surface area contributed by atoms with E-state index in [-0.39, 0.29) is 0 Å². The number of aromatic amines is 1. The molecule has 2 nitrogen and oxygen atoms in total. The van der Waals surface area contributed by atoms with Gasteiger partial charge in [0.05, 0.1) is 0 Å². The summed E-state index contributed by atoms with van der Waals surface area (Å²) < 4.78 is 4.92. The van der Waals surface area contributed by atoms with E-state index < -0.39 is 0 Å². The Morgan fingerprint density at radius 1 is 1.27 bits per heavy atom. The van der Waals surface area contributed by atoms with E-state index in [9.17, 15) is 0 Å². The molecule has 0 aliphatic rings. The second-order valence-electron chi connectivity index (χ2n) is 2.34. The molecular formula is C9H8NO. The minimum absolute atomic E-state index is 0.809. The highest BCUT2D eigenvalue weighted by molar-refractivity contribution is 5.85. The average molecular weight is 146 g/mol. The van der Waals surface area contributed by atoms with Gasteiger partial charge in [-0.2, -0.15) is 0 Å². The molecule has 2 heteroatoms. The van der Waals surface area contributed by atoms with E-state index in [2.05, 4.69) is 12.1 Å². The van der Waals surface area contributed by atoms with Gasteiger partial charge in [0, 0.05) is 17.1 Å². The molecular weight excluding hydrogens is 138 g/mol. The van der Waals surface area contributed by atoms with E-state index in [0.717, 1.165) is 16.7 Å². The molecule has 0 aliphatic heterocycles. The Morgan fingerprint density at radius 3 is 3.00 bits per heavy atom. The number of hydrogen-bond acceptors (Lipinski definition) is 1. The SMILES string of the molecule is [CH2]Oc1cccc2[nH]ccc12. The van der Waals surface area contributed by atoms with Crippen LogP contribution in [0.3, 0.4) is 0 Å². The predicted molar refractivity (Wildman–Crippen MR) is 44.3 cm³/mol. The second-order valence-corrected chi connectivity index (χ2v) is 2.34. The van der Waals surface area contributed by atoms with Crippen LogP contribution in [-0.2, 0) is 0 Å². The van der Waals surface area contributed by atoms with Crippen LogP contribution < -0.4 is 4.74 Å². The lowest BCUT2D eigenvalue weighted by Crippen LogP contribution is -1.78. The maximum atomic E-state index is 4.92. The first-order chi connectivity index (χ1) is 5.42. The zero-order chi connectivity index (χ0) is 7.68. The van der Waals surface area contributed by atoms with Crippen molar-refractivity contribution in [2.75, 3.05) is 0 Å². The van der Waals surface area contributed by atoms with Crippen molar-refractivity contribution in [1.29, 1.82) is 0 Å². The monoisotopic (exact) mass is 146 g/mol. The highest BCUT2D eigenvalue weighted by Gasteiger charge is 1.98. The summed E-state index contributed by atoms with van der Waals surface area (Å²) in [5, 5.41) is 1.07. The maximum absolute atomic E-state index is 4.92. The number of hydrogen-bond donors (Lipinski definition) is 1. The summed E-state index contributed by atoms with van der Waals surface area (Å²) in [6.07, 6.45) is 1.88. The zero-order valence-electron chi connectivity index (χ0n) is 6.00. The van der Waals surface area contributed by atoms with Crippen molar-refractivity contribution in [2.24, 2.45) is 0 Å². The van der Waals surface area contributed by atoms with Crippen molar-refractivity contribution in [3.8, 4) is 5.75 Å². The highest BCUT2D eigenvalue weighted by Crippen LogP contribution is 2.23. The molecule has 1 aromatic carbocycles. The lowest BCUT2D eigenvalue weighted by Gasteiger charge is -1.98. The van der Waals surface area contributed by atoms with Gasteiger partial charge < -0.3 is 9.72 Å². The Bertz CT molecular complexity index is 364. The quantitative estimate of drug-likeness (QED) is 0.656. The van der Waals surface area contributed by atoms with Crippen molar-refractivity contribution < 1.29 is 4.74 Å². The first-order valence-electron chi connectivity index (χ1n) is 3.40. The Kier molecular flexibility index (Phi) is 1.32. The van der Waals surface area contributed by atoms with Gasteiger partial charge >= 0.3 is 0 Å². The van der Waals surface area contributed by atoms with Gasteiger partial charge in [0.2, 0.25) is 0 Å². The summed E-state index contributed by atoms with van der Waals surface area (Å²) in [5.74, 6) is 0.809. The highest BCUT2D eigenvalue weighted by atomic mass is 16.5. The minimum atomic E-state index is 0.809. The van der Waals surface area contributed by atoms with E-state index in [0.29, 0.717) is 0 Å². The van der Waals surface area contributed by atoms with Gasteiger partial charge in [0.25, 0.3) is 0 Å². The average Bonchev–Trinajstić information content (AvgIpc) is 2.50. The van der Waals surface area contributed by atoms with Gasteiger partial charge in [-0.05, 0) is 18.2 Å². The van der Waals surface area contributed by atoms with E-state index in [1.807, 2.05) is 30.5 Å². The molecule has 0 unspecified atom stereocenters. The van der Waals surface area contributed by atoms with Crippen LogP contribution in [0.1, 0.15) is 0 Å². The summed E-state index contributed by atoms with van der Waals surface area (Å²) in [6, 6.07) is 7.79. The predicted octanol–water partition coefficient (Wildman–Crippen LogP) is 2.34. The molecule has 0 saturated carbocycles. The van der Waals surface area contributed by atoms with Crippen LogP contribution >= 0.6 is 0 Å². The van der Waals surface area contributed by atoms with Crippen molar-refractivity contribution in [2.45, 2.75) is 0 Å². The summed E-state index contributed by atoms with van der Waals surface area (Å²) in [6.45, 7) is 0. The molecule has 0 fully saturated rings. The Hall–Kier alpha value is -1.44. The summed E-state index contributed by atoms with van der Waals surface area (Å²) >= 11 is 0. The van der Waals surface area contributed by atoms with Gasteiger partial charge in [-0.25, -0.2) is 0 Å². The largest absolute Gasteiger partial charge is 0.489 e. The molecule has 0 spiro atoms. The summed E-state index contributed by atoms with van der Waals surface area (Å²) in [4.78, 5) is 3.09. The summed E-state index contributed by atoms with van der Waals surface area (Å²) in [7, 11) is 3.37. The fraction of sp³-hybridized carbons (Fsp3) is 0. The van der Waals surface area contributed by atoms with Crippen LogP contribution in [0.25, 0.3) is 10.9 Å². The molecule has 55 valence electrons. The fourth-order valence-electron chi connectivity index (χ4n) is 1.18. The van der Waals surface area contributed by atoms with Gasteiger partial charge in [0.15, 0.2) is 0 Å². The molecule has 1 aromatic heterocycles. The van der Waals surface area contributed by atoms with Crippen molar-refractivity contribution >= 4 is 10.9 Å². The number of benzene rings is 1. The third kappa shape index (κ3) is 0.871. The second kappa shape index (κ2) is 2.31. The van der Waals surface area contributed by atoms with Crippen LogP contribution in [0.5, 0.6) is 5.75 Å². The molecule has 0 amide bonds. The maximum Gasteiger partial charge on any atom is 0.128 e. The minimum Gasteiger partial charge on any atom is -0.489 e. The third-order valence-electron chi connectivity index (χ3n) is 1.71. The molecule has 1 heterocycles. The first kappa shape index (κ1) is 6.28. The number of rotatable bonds is 1. The lowest BCUT2D eigenvalue weighted by atomic mass is 10.2. The van der Waals surface area contributed by atoms with E-state index in [4.69, 9.17) is 4.74 Å². The fourth-order valence-corrected chi connectivity index (χ4v) is 1.18. The van der Waals surface area contributed by atoms with E-state index in [1.54, 1.807) is 0 Å². The number of H-pyrrole nitrogens is 1. The Balaban J connectivity index is 2.79. The topological polar surface area (TPSA) is 25.0 Å². The number of fused-ring (bicyclic) bond motifs is 1. The Morgan fingerprint density at radius 2 is 2.18 bits per heavy atom. The molecule has 0 atom stereocenters. The van der Waals surface area contributed by atoms with Crippen LogP contribution in [0.4, 0.5) is 0 Å². The molecule has 2 rings (SSSR count). The molecule has 1 N–H and O–H groups in total. The smallest absolute Gasteiger partial charge is 0.128 e. The Labute approximate surface area is 64.8 Å². The van der Waals surface area contributed by atoms with Crippen LogP contribution in [0.15, 0.2) is 30.5 Å². The van der Waals surface area contributed by atoms with Crippen LogP contribution in [-0.4, -0.2) is 4.98 Å². The van der Waals surface area contributed by atoms with E-state index >= 15 is 0 Å². The lowest BCUT2D eigenvalue weighted by molar-refractivity contribution is 0.479. The first-order valence-corrected chi connectivity index (χ1v) is 3.40. The number of ether oxygens (including phenoxy) is 1. The summed E-state index contributed by atoms with van der Waals surface area (Å²) in [5.41, 5.74) is 1.08. The normalized spacial score (nSPS) is 10.3. The van der Waals surface area contributed by atoms with Crippen molar-refractivity contribution in [3.05, 3.63) is 37.6 Å². The molecule has 0 aliphatic carbocycles. The zero-order valence-corrected chi connectivity index (χ0v) is 6.00. The standard InChI is InChI=1S/C9H8NO/c1-11-9-4-2-3-8-7(9)5-6-10-8/h2-6,10H,1H2. The van der Waals surface area contributed by atoms with Gasteiger partial charge in [-0.3, -0.25) is 0 Å².